The van der Waals surface area contributed by atoms with Gasteiger partial charge < -0.3 is 10.1 Å². The number of rotatable bonds is 5. The van der Waals surface area contributed by atoms with Crippen LogP contribution in [0.5, 0.6) is 0 Å². The number of pyridine rings is 1. The molecule has 1 amide bonds. The lowest BCUT2D eigenvalue weighted by molar-refractivity contribution is -0.124. The van der Waals surface area contributed by atoms with E-state index >= 15 is 0 Å². The van der Waals surface area contributed by atoms with Crippen LogP contribution in [-0.4, -0.2) is 23.5 Å². The summed E-state index contributed by atoms with van der Waals surface area (Å²) in [6.45, 7) is 1.50. The van der Waals surface area contributed by atoms with Gasteiger partial charge in [-0.25, -0.2) is 9.78 Å². The van der Waals surface area contributed by atoms with Crippen LogP contribution in [-0.2, 0) is 9.53 Å². The van der Waals surface area contributed by atoms with E-state index in [0.717, 1.165) is 4.88 Å². The number of hydrogen-bond donors (Lipinski definition) is 1. The number of ether oxygens (including phenoxy) is 1. The van der Waals surface area contributed by atoms with Gasteiger partial charge >= 0.3 is 5.97 Å². The van der Waals surface area contributed by atoms with E-state index < -0.39 is 5.97 Å². The minimum Gasteiger partial charge on any atom is -0.452 e. The van der Waals surface area contributed by atoms with Gasteiger partial charge in [-0.05, 0) is 30.5 Å². The molecule has 21 heavy (non-hydrogen) atoms. The van der Waals surface area contributed by atoms with Crippen LogP contribution in [0.25, 0.3) is 0 Å². The minimum absolute atomic E-state index is 0.0508. The maximum atomic E-state index is 11.8. The maximum absolute atomic E-state index is 11.8. The van der Waals surface area contributed by atoms with E-state index in [-0.39, 0.29) is 29.3 Å². The highest BCUT2D eigenvalue weighted by atomic mass is 35.5. The second-order valence-electron chi connectivity index (χ2n) is 4.22. The van der Waals surface area contributed by atoms with Crippen LogP contribution in [0, 0.1) is 0 Å². The molecule has 0 aliphatic carbocycles. The van der Waals surface area contributed by atoms with Gasteiger partial charge in [0.15, 0.2) is 6.61 Å². The van der Waals surface area contributed by atoms with Crippen LogP contribution in [0.2, 0.25) is 5.15 Å². The fourth-order valence-corrected chi connectivity index (χ4v) is 2.57. The highest BCUT2D eigenvalue weighted by Gasteiger charge is 2.15. The minimum atomic E-state index is -0.674. The number of carbonyl (C=O) groups is 2. The molecule has 1 N–H and O–H groups in total. The van der Waals surface area contributed by atoms with Gasteiger partial charge in [-0.2, -0.15) is 0 Å². The highest BCUT2D eigenvalue weighted by molar-refractivity contribution is 7.10. The Labute approximate surface area is 130 Å². The Morgan fingerprint density at radius 3 is 2.90 bits per heavy atom. The average molecular weight is 325 g/mol. The summed E-state index contributed by atoms with van der Waals surface area (Å²) in [7, 11) is 0. The largest absolute Gasteiger partial charge is 0.452 e. The van der Waals surface area contributed by atoms with Crippen molar-refractivity contribution < 1.29 is 14.3 Å². The molecular formula is C14H13ClN2O3S. The van der Waals surface area contributed by atoms with Crippen molar-refractivity contribution in [1.29, 1.82) is 0 Å². The molecule has 0 radical (unpaired) electrons. The lowest BCUT2D eigenvalue weighted by Gasteiger charge is -2.12. The van der Waals surface area contributed by atoms with Gasteiger partial charge in [0.1, 0.15) is 5.15 Å². The van der Waals surface area contributed by atoms with E-state index in [9.17, 15) is 9.59 Å². The molecule has 0 unspecified atom stereocenters. The lowest BCUT2D eigenvalue weighted by Crippen LogP contribution is -2.30. The Morgan fingerprint density at radius 1 is 1.43 bits per heavy atom. The van der Waals surface area contributed by atoms with Gasteiger partial charge in [-0.15, -0.1) is 11.3 Å². The lowest BCUT2D eigenvalue weighted by atomic mass is 10.3. The maximum Gasteiger partial charge on any atom is 0.341 e. The number of hydrogen-bond acceptors (Lipinski definition) is 5. The Kier molecular flexibility index (Phi) is 5.30. The van der Waals surface area contributed by atoms with E-state index in [2.05, 4.69) is 10.3 Å². The van der Waals surface area contributed by atoms with E-state index in [0.29, 0.717) is 0 Å². The zero-order valence-corrected chi connectivity index (χ0v) is 12.8. The van der Waals surface area contributed by atoms with E-state index in [4.69, 9.17) is 16.3 Å². The Bertz CT molecular complexity index is 631. The molecule has 110 valence electrons. The standard InChI is InChI=1S/C14H13ClN2O3S/c1-9(11-5-3-7-21-11)17-12(18)8-20-14(19)10-4-2-6-16-13(10)15/h2-7,9H,8H2,1H3,(H,17,18)/t9-/m1/s1. The van der Waals surface area contributed by atoms with E-state index in [1.165, 1.54) is 12.3 Å². The van der Waals surface area contributed by atoms with Gasteiger partial charge in [0.25, 0.3) is 5.91 Å². The summed E-state index contributed by atoms with van der Waals surface area (Å²) in [5.74, 6) is -1.05. The SMILES string of the molecule is C[C@@H](NC(=O)COC(=O)c1cccnc1Cl)c1cccs1. The molecule has 5 nitrogen and oxygen atoms in total. The number of esters is 1. The summed E-state index contributed by atoms with van der Waals surface area (Å²) < 4.78 is 4.92. The summed E-state index contributed by atoms with van der Waals surface area (Å²) in [4.78, 5) is 28.3. The third-order valence-corrected chi connectivity index (χ3v) is 4.02. The molecule has 0 aromatic carbocycles. The molecule has 0 fully saturated rings. The van der Waals surface area contributed by atoms with Crippen LogP contribution in [0.15, 0.2) is 35.8 Å². The number of thiophene rings is 1. The first-order valence-electron chi connectivity index (χ1n) is 6.18. The molecule has 2 rings (SSSR count). The van der Waals surface area contributed by atoms with Gasteiger partial charge in [0, 0.05) is 11.1 Å². The fourth-order valence-electron chi connectivity index (χ4n) is 1.64. The van der Waals surface area contributed by atoms with Crippen molar-refractivity contribution in [3.8, 4) is 0 Å². The van der Waals surface area contributed by atoms with Crippen LogP contribution in [0.4, 0.5) is 0 Å². The molecule has 2 aromatic heterocycles. The third kappa shape index (κ3) is 4.27. The summed E-state index contributed by atoms with van der Waals surface area (Å²) >= 11 is 7.32. The topological polar surface area (TPSA) is 68.3 Å². The molecule has 0 saturated carbocycles. The van der Waals surface area contributed by atoms with Gasteiger partial charge in [0.2, 0.25) is 0 Å². The first kappa shape index (κ1) is 15.5. The number of nitrogens with zero attached hydrogens (tertiary/aromatic N) is 1. The zero-order valence-electron chi connectivity index (χ0n) is 11.2. The van der Waals surface area contributed by atoms with Crippen LogP contribution in [0.3, 0.4) is 0 Å². The fraction of sp³-hybridized carbons (Fsp3) is 0.214. The molecule has 0 saturated heterocycles. The summed E-state index contributed by atoms with van der Waals surface area (Å²) in [5, 5.41) is 4.73. The molecule has 2 aromatic rings. The Morgan fingerprint density at radius 2 is 2.24 bits per heavy atom. The van der Waals surface area contributed by atoms with Gasteiger partial charge in [-0.1, -0.05) is 17.7 Å². The summed E-state index contributed by atoms with van der Waals surface area (Å²) in [6.07, 6.45) is 1.47. The zero-order chi connectivity index (χ0) is 15.2. The third-order valence-electron chi connectivity index (χ3n) is 2.66. The van der Waals surface area contributed by atoms with Gasteiger partial charge in [0.05, 0.1) is 11.6 Å². The molecule has 0 bridgehead atoms. The van der Waals surface area contributed by atoms with Crippen molar-refractivity contribution in [2.45, 2.75) is 13.0 Å². The van der Waals surface area contributed by atoms with Crippen LogP contribution in [0.1, 0.15) is 28.2 Å². The smallest absolute Gasteiger partial charge is 0.341 e. The molecule has 0 aliphatic heterocycles. The Hall–Kier alpha value is -1.92. The molecule has 1 atom stereocenters. The number of nitrogens with one attached hydrogen (secondary N) is 1. The monoisotopic (exact) mass is 324 g/mol. The molecule has 2 heterocycles. The average Bonchev–Trinajstić information content (AvgIpc) is 2.99. The summed E-state index contributed by atoms with van der Waals surface area (Å²) in [5.41, 5.74) is 0.137. The predicted octanol–water partition coefficient (Wildman–Crippen LogP) is 2.83. The molecular weight excluding hydrogens is 312 g/mol. The first-order chi connectivity index (χ1) is 10.1. The highest BCUT2D eigenvalue weighted by Crippen LogP contribution is 2.18. The number of aromatic nitrogens is 1. The number of carbonyl (C=O) groups excluding carboxylic acids is 2. The van der Waals surface area contributed by atoms with E-state index in [1.54, 1.807) is 17.4 Å². The van der Waals surface area contributed by atoms with Crippen LogP contribution >= 0.6 is 22.9 Å². The molecule has 0 spiro atoms. The second kappa shape index (κ2) is 7.19. The van der Waals surface area contributed by atoms with E-state index in [1.807, 2.05) is 24.4 Å². The molecule has 7 heteroatoms. The van der Waals surface area contributed by atoms with Crippen molar-refractivity contribution in [2.75, 3.05) is 6.61 Å². The first-order valence-corrected chi connectivity index (χ1v) is 7.44. The Balaban J connectivity index is 1.84. The van der Waals surface area contributed by atoms with Gasteiger partial charge in [-0.3, -0.25) is 4.79 Å². The van der Waals surface area contributed by atoms with Crippen molar-refractivity contribution >= 4 is 34.8 Å². The quantitative estimate of drug-likeness (QED) is 0.678. The van der Waals surface area contributed by atoms with Crippen molar-refractivity contribution in [3.63, 3.8) is 0 Å². The normalized spacial score (nSPS) is 11.7. The molecule has 0 aliphatic rings. The number of halogens is 1. The van der Waals surface area contributed by atoms with Crippen molar-refractivity contribution in [2.24, 2.45) is 0 Å². The number of amides is 1. The summed E-state index contributed by atoms with van der Waals surface area (Å²) in [6, 6.07) is 6.77. The van der Waals surface area contributed by atoms with Crippen molar-refractivity contribution in [3.05, 3.63) is 51.4 Å². The van der Waals surface area contributed by atoms with Crippen LogP contribution < -0.4 is 5.32 Å². The predicted molar refractivity (Wildman–Crippen MR) is 80.4 cm³/mol. The van der Waals surface area contributed by atoms with Crippen molar-refractivity contribution in [1.82, 2.24) is 10.3 Å². The second-order valence-corrected chi connectivity index (χ2v) is 5.56.